The van der Waals surface area contributed by atoms with E-state index in [9.17, 15) is 19.8 Å². The number of benzene rings is 1. The van der Waals surface area contributed by atoms with Crippen molar-refractivity contribution in [1.29, 1.82) is 0 Å². The van der Waals surface area contributed by atoms with Crippen molar-refractivity contribution in [3.8, 4) is 17.2 Å². The van der Waals surface area contributed by atoms with E-state index in [0.717, 1.165) is 11.1 Å². The number of phenols is 2. The molecule has 7 nitrogen and oxygen atoms in total. The summed E-state index contributed by atoms with van der Waals surface area (Å²) in [6, 6.07) is 1.18. The first-order chi connectivity index (χ1) is 16.8. The van der Waals surface area contributed by atoms with Gasteiger partial charge in [-0.15, -0.1) is 0 Å². The molecule has 1 saturated heterocycles. The predicted octanol–water partition coefficient (Wildman–Crippen LogP) is 4.74. The first-order valence-corrected chi connectivity index (χ1v) is 12.4. The molecule has 1 aromatic carbocycles. The quantitative estimate of drug-likeness (QED) is 0.570. The van der Waals surface area contributed by atoms with Gasteiger partial charge in [-0.05, 0) is 60.5 Å². The van der Waals surface area contributed by atoms with Crippen LogP contribution in [0.25, 0.3) is 0 Å². The summed E-state index contributed by atoms with van der Waals surface area (Å²) in [5.74, 6) is -1.53. The Morgan fingerprint density at radius 2 is 1.78 bits per heavy atom. The van der Waals surface area contributed by atoms with Gasteiger partial charge < -0.3 is 24.4 Å². The molecular formula is C29H34O7. The van der Waals surface area contributed by atoms with Crippen LogP contribution in [0.1, 0.15) is 70.3 Å². The lowest BCUT2D eigenvalue weighted by Gasteiger charge is -2.59. The molecule has 5 aliphatic rings. The molecule has 0 amide bonds. The van der Waals surface area contributed by atoms with E-state index in [0.29, 0.717) is 18.4 Å². The van der Waals surface area contributed by atoms with E-state index in [1.54, 1.807) is 6.08 Å². The van der Waals surface area contributed by atoms with E-state index in [-0.39, 0.29) is 40.6 Å². The zero-order valence-corrected chi connectivity index (χ0v) is 21.9. The van der Waals surface area contributed by atoms with Gasteiger partial charge in [0.2, 0.25) is 5.78 Å². The van der Waals surface area contributed by atoms with Gasteiger partial charge in [-0.1, -0.05) is 23.3 Å². The van der Waals surface area contributed by atoms with E-state index in [4.69, 9.17) is 14.2 Å². The first kappa shape index (κ1) is 24.8. The Kier molecular flexibility index (Phi) is 5.20. The lowest BCUT2D eigenvalue weighted by molar-refractivity contribution is -0.189. The normalized spacial score (nSPS) is 32.9. The SMILES string of the molecule is CO[C@]12C=C3C(=O)c4c(O)cc(O)c(CC=C(C)C)c4O[C@]34C(C1)C(C)(C)O[C@]4(CC=C(C)C)C2=O. The topological polar surface area (TPSA) is 102 Å². The van der Waals surface area contributed by atoms with Gasteiger partial charge in [0.15, 0.2) is 17.0 Å². The average Bonchev–Trinajstić information content (AvgIpc) is 2.94. The second-order valence-corrected chi connectivity index (χ2v) is 11.5. The van der Waals surface area contributed by atoms with Crippen LogP contribution in [0.3, 0.4) is 0 Å². The van der Waals surface area contributed by atoms with Crippen molar-refractivity contribution in [3.05, 3.63) is 52.1 Å². The van der Waals surface area contributed by atoms with Crippen LogP contribution in [0.5, 0.6) is 17.2 Å². The Morgan fingerprint density at radius 3 is 2.39 bits per heavy atom. The number of rotatable bonds is 5. The summed E-state index contributed by atoms with van der Waals surface area (Å²) in [6.07, 6.45) is 6.23. The number of ether oxygens (including phenoxy) is 3. The number of carbonyl (C=O) groups is 2. The minimum absolute atomic E-state index is 0.0114. The van der Waals surface area contributed by atoms with Gasteiger partial charge in [-0.2, -0.15) is 0 Å². The Bertz CT molecular complexity index is 1290. The molecule has 7 heteroatoms. The molecule has 1 unspecified atom stereocenters. The van der Waals surface area contributed by atoms with E-state index in [2.05, 4.69) is 0 Å². The second-order valence-electron chi connectivity index (χ2n) is 11.5. The number of ketones is 2. The molecule has 1 spiro atoms. The van der Waals surface area contributed by atoms with E-state index in [1.165, 1.54) is 13.2 Å². The molecule has 2 heterocycles. The Balaban J connectivity index is 1.86. The third-order valence-electron chi connectivity index (χ3n) is 8.35. The minimum Gasteiger partial charge on any atom is -0.507 e. The number of carbonyl (C=O) groups excluding carboxylic acids is 2. The van der Waals surface area contributed by atoms with Crippen molar-refractivity contribution in [2.24, 2.45) is 5.92 Å². The summed E-state index contributed by atoms with van der Waals surface area (Å²) in [5.41, 5.74) is -2.42. The number of Topliss-reactive ketones (excluding diaryl/α,β-unsaturated/α-hetero) is 2. The molecule has 36 heavy (non-hydrogen) atoms. The maximum Gasteiger partial charge on any atom is 0.205 e. The molecule has 0 radical (unpaired) electrons. The van der Waals surface area contributed by atoms with Crippen LogP contribution in [0.15, 0.2) is 41.0 Å². The molecule has 6 rings (SSSR count). The molecule has 2 N–H and O–H groups in total. The number of fused-ring (bicyclic) bond motifs is 1. The summed E-state index contributed by atoms with van der Waals surface area (Å²) < 4.78 is 19.4. The van der Waals surface area contributed by atoms with Gasteiger partial charge >= 0.3 is 0 Å². The largest absolute Gasteiger partial charge is 0.507 e. The van der Waals surface area contributed by atoms with Crippen LogP contribution in [0.2, 0.25) is 0 Å². The van der Waals surface area contributed by atoms with Crippen LogP contribution >= 0.6 is 0 Å². The maximum atomic E-state index is 14.3. The summed E-state index contributed by atoms with van der Waals surface area (Å²) in [7, 11) is 1.48. The highest BCUT2D eigenvalue weighted by Gasteiger charge is 2.84. The van der Waals surface area contributed by atoms with Crippen molar-refractivity contribution >= 4 is 11.6 Å². The number of hydrogen-bond acceptors (Lipinski definition) is 7. The van der Waals surface area contributed by atoms with Gasteiger partial charge in [0, 0.05) is 36.7 Å². The summed E-state index contributed by atoms with van der Waals surface area (Å²) in [5, 5.41) is 21.6. The third-order valence-corrected chi connectivity index (χ3v) is 8.35. The highest BCUT2D eigenvalue weighted by Crippen LogP contribution is 2.69. The fourth-order valence-electron chi connectivity index (χ4n) is 6.69. The van der Waals surface area contributed by atoms with Gasteiger partial charge in [0.05, 0.1) is 5.60 Å². The predicted molar refractivity (Wildman–Crippen MR) is 133 cm³/mol. The monoisotopic (exact) mass is 494 g/mol. The fraction of sp³-hybridized carbons (Fsp3) is 0.517. The summed E-state index contributed by atoms with van der Waals surface area (Å²) in [4.78, 5) is 28.5. The first-order valence-electron chi connectivity index (χ1n) is 12.4. The highest BCUT2D eigenvalue weighted by atomic mass is 16.6. The Morgan fingerprint density at radius 1 is 1.11 bits per heavy atom. The third kappa shape index (κ3) is 2.87. The fourth-order valence-corrected chi connectivity index (χ4v) is 6.69. The molecular weight excluding hydrogens is 460 g/mol. The lowest BCUT2D eigenvalue weighted by Crippen LogP contribution is -2.77. The zero-order valence-electron chi connectivity index (χ0n) is 21.9. The highest BCUT2D eigenvalue weighted by molar-refractivity contribution is 6.19. The van der Waals surface area contributed by atoms with Crippen LogP contribution in [-0.2, 0) is 20.7 Å². The number of allylic oxidation sites excluding steroid dienone is 3. The van der Waals surface area contributed by atoms with Crippen LogP contribution in [-0.4, -0.2) is 51.3 Å². The average molecular weight is 495 g/mol. The van der Waals surface area contributed by atoms with E-state index < -0.39 is 34.1 Å². The number of aromatic hydroxyl groups is 2. The zero-order chi connectivity index (χ0) is 26.4. The maximum absolute atomic E-state index is 14.3. The van der Waals surface area contributed by atoms with Crippen molar-refractivity contribution in [3.63, 3.8) is 0 Å². The Hall–Kier alpha value is -2.90. The van der Waals surface area contributed by atoms with Gasteiger partial charge in [0.1, 0.15) is 28.4 Å². The van der Waals surface area contributed by atoms with Gasteiger partial charge in [-0.3, -0.25) is 9.59 Å². The second kappa shape index (κ2) is 7.56. The number of hydrogen-bond donors (Lipinski definition) is 2. The number of phenolic OH excluding ortho intramolecular Hbond substituents is 2. The molecule has 1 saturated carbocycles. The number of methoxy groups -OCH3 is 1. The van der Waals surface area contributed by atoms with E-state index in [1.807, 2.05) is 53.7 Å². The van der Waals surface area contributed by atoms with Gasteiger partial charge in [-0.25, -0.2) is 0 Å². The Labute approximate surface area is 211 Å². The molecule has 3 aliphatic carbocycles. The molecule has 192 valence electrons. The van der Waals surface area contributed by atoms with Crippen LogP contribution < -0.4 is 4.74 Å². The van der Waals surface area contributed by atoms with Crippen molar-refractivity contribution in [1.82, 2.24) is 0 Å². The molecule has 4 atom stereocenters. The summed E-state index contributed by atoms with van der Waals surface area (Å²) in [6.45, 7) is 11.6. The van der Waals surface area contributed by atoms with Crippen molar-refractivity contribution < 1.29 is 34.0 Å². The smallest absolute Gasteiger partial charge is 0.205 e. The standard InChI is InChI=1S/C29H34O7/c1-15(2)8-9-17-19(30)12-20(31)22-23(32)18-13-27(34-7)14-21-26(5,6)36-28(25(27)33,11-10-16(3)4)29(18,21)35-24(17)22/h8,10,12-13,21,30-31H,9,11,14H2,1-7H3/t21?,27-,28-,29+/m1/s1. The lowest BCUT2D eigenvalue weighted by atomic mass is 9.49. The molecule has 4 bridgehead atoms. The summed E-state index contributed by atoms with van der Waals surface area (Å²) >= 11 is 0. The van der Waals surface area contributed by atoms with Crippen molar-refractivity contribution in [2.45, 2.75) is 83.2 Å². The molecule has 1 aromatic rings. The van der Waals surface area contributed by atoms with E-state index >= 15 is 0 Å². The molecule has 2 fully saturated rings. The van der Waals surface area contributed by atoms with Crippen LogP contribution in [0.4, 0.5) is 0 Å². The van der Waals surface area contributed by atoms with Crippen molar-refractivity contribution in [2.75, 3.05) is 7.11 Å². The minimum atomic E-state index is -1.51. The van der Waals surface area contributed by atoms with Crippen LogP contribution in [0, 0.1) is 5.92 Å². The van der Waals surface area contributed by atoms with Gasteiger partial charge in [0.25, 0.3) is 0 Å². The molecule has 0 aromatic heterocycles. The molecule has 2 aliphatic heterocycles.